The van der Waals surface area contributed by atoms with Crippen LogP contribution in [-0.2, 0) is 11.2 Å². The van der Waals surface area contributed by atoms with Crippen LogP contribution in [-0.4, -0.2) is 31.1 Å². The summed E-state index contributed by atoms with van der Waals surface area (Å²) >= 11 is 0. The van der Waals surface area contributed by atoms with Gasteiger partial charge in [0.1, 0.15) is 12.2 Å². The van der Waals surface area contributed by atoms with Crippen LogP contribution in [0.2, 0.25) is 0 Å². The average Bonchev–Trinajstić information content (AvgIpc) is 3.23. The van der Waals surface area contributed by atoms with E-state index in [1.807, 2.05) is 36.4 Å². The Morgan fingerprint density at radius 1 is 1.11 bits per heavy atom. The zero-order valence-electron chi connectivity index (χ0n) is 15.0. The van der Waals surface area contributed by atoms with Gasteiger partial charge in [0.15, 0.2) is 5.82 Å². The number of aromatic nitrogens is 5. The summed E-state index contributed by atoms with van der Waals surface area (Å²) in [5.41, 5.74) is 2.04. The number of amides is 1. The van der Waals surface area contributed by atoms with Crippen molar-refractivity contribution in [3.05, 3.63) is 71.0 Å². The Hall–Kier alpha value is -3.81. The van der Waals surface area contributed by atoms with Gasteiger partial charge in [0, 0.05) is 24.1 Å². The molecule has 8 heteroatoms. The van der Waals surface area contributed by atoms with E-state index in [0.29, 0.717) is 47.5 Å². The molecule has 0 bridgehead atoms. The van der Waals surface area contributed by atoms with Gasteiger partial charge in [-0.3, -0.25) is 14.7 Å². The van der Waals surface area contributed by atoms with Gasteiger partial charge in [0.2, 0.25) is 5.91 Å². The number of hydrogen-bond acceptors (Lipinski definition) is 5. The number of benzene rings is 2. The Labute approximate surface area is 160 Å². The van der Waals surface area contributed by atoms with Crippen LogP contribution in [0.1, 0.15) is 18.7 Å². The predicted molar refractivity (Wildman–Crippen MR) is 106 cm³/mol. The Kier molecular flexibility index (Phi) is 4.92. The molecule has 140 valence electrons. The second kappa shape index (κ2) is 7.83. The van der Waals surface area contributed by atoms with E-state index in [2.05, 4.69) is 30.5 Å². The first-order chi connectivity index (χ1) is 13.7. The topological polar surface area (TPSA) is 116 Å². The minimum atomic E-state index is -0.158. The number of aromatic amines is 2. The number of rotatable bonds is 6. The summed E-state index contributed by atoms with van der Waals surface area (Å²) in [4.78, 5) is 35.7. The Morgan fingerprint density at radius 2 is 2.00 bits per heavy atom. The summed E-state index contributed by atoms with van der Waals surface area (Å²) in [7, 11) is 0. The molecule has 0 saturated heterocycles. The molecule has 0 fully saturated rings. The van der Waals surface area contributed by atoms with Gasteiger partial charge in [0.25, 0.3) is 5.56 Å². The number of nitrogens with one attached hydrogen (secondary N) is 3. The third kappa shape index (κ3) is 3.96. The molecule has 0 spiro atoms. The summed E-state index contributed by atoms with van der Waals surface area (Å²) in [6.07, 6.45) is 2.86. The molecular formula is C20H18N6O2. The summed E-state index contributed by atoms with van der Waals surface area (Å²) in [5.74, 6) is 1.13. The molecule has 2 heterocycles. The number of carbonyl (C=O) groups is 1. The van der Waals surface area contributed by atoms with Gasteiger partial charge in [-0.2, -0.15) is 5.10 Å². The van der Waals surface area contributed by atoms with Crippen molar-refractivity contribution in [3.8, 4) is 11.4 Å². The third-order valence-electron chi connectivity index (χ3n) is 4.31. The van der Waals surface area contributed by atoms with Crippen LogP contribution in [0, 0.1) is 0 Å². The summed E-state index contributed by atoms with van der Waals surface area (Å²) in [6, 6.07) is 14.6. The zero-order chi connectivity index (χ0) is 19.3. The van der Waals surface area contributed by atoms with E-state index in [1.54, 1.807) is 12.1 Å². The van der Waals surface area contributed by atoms with Crippen LogP contribution >= 0.6 is 0 Å². The molecule has 0 saturated carbocycles. The number of anilines is 1. The molecule has 4 aromatic rings. The minimum absolute atomic E-state index is 0.0992. The van der Waals surface area contributed by atoms with Gasteiger partial charge in [0.05, 0.1) is 10.9 Å². The van der Waals surface area contributed by atoms with Crippen molar-refractivity contribution in [2.75, 3.05) is 5.32 Å². The smallest absolute Gasteiger partial charge is 0.258 e. The molecule has 0 atom stereocenters. The molecule has 2 aromatic heterocycles. The normalized spacial score (nSPS) is 10.9. The highest BCUT2D eigenvalue weighted by atomic mass is 16.1. The van der Waals surface area contributed by atoms with E-state index in [-0.39, 0.29) is 11.5 Å². The first-order valence-corrected chi connectivity index (χ1v) is 8.92. The van der Waals surface area contributed by atoms with Crippen molar-refractivity contribution in [2.24, 2.45) is 0 Å². The number of aryl methyl sites for hydroxylation is 1. The lowest BCUT2D eigenvalue weighted by Crippen LogP contribution is -2.14. The molecule has 0 aliphatic carbocycles. The van der Waals surface area contributed by atoms with Gasteiger partial charge < -0.3 is 10.3 Å². The zero-order valence-corrected chi connectivity index (χ0v) is 15.0. The quantitative estimate of drug-likeness (QED) is 0.480. The maximum Gasteiger partial charge on any atom is 0.258 e. The molecule has 8 nitrogen and oxygen atoms in total. The summed E-state index contributed by atoms with van der Waals surface area (Å²) < 4.78 is 0. The van der Waals surface area contributed by atoms with Crippen molar-refractivity contribution in [1.29, 1.82) is 0 Å². The lowest BCUT2D eigenvalue weighted by Gasteiger charge is -2.07. The molecular weight excluding hydrogens is 356 g/mol. The lowest BCUT2D eigenvalue weighted by atomic mass is 10.1. The number of fused-ring (bicyclic) bond motifs is 1. The fraction of sp³-hybridized carbons (Fsp3) is 0.150. The molecule has 3 N–H and O–H groups in total. The Balaban J connectivity index is 1.35. The maximum atomic E-state index is 12.2. The van der Waals surface area contributed by atoms with Crippen molar-refractivity contribution >= 4 is 22.5 Å². The van der Waals surface area contributed by atoms with Crippen LogP contribution in [0.4, 0.5) is 5.69 Å². The highest BCUT2D eigenvalue weighted by Gasteiger charge is 2.07. The number of hydrogen-bond donors (Lipinski definition) is 3. The van der Waals surface area contributed by atoms with Crippen molar-refractivity contribution in [1.82, 2.24) is 25.1 Å². The maximum absolute atomic E-state index is 12.2. The number of H-pyrrole nitrogens is 2. The summed E-state index contributed by atoms with van der Waals surface area (Å²) in [6.45, 7) is 0. The lowest BCUT2D eigenvalue weighted by molar-refractivity contribution is -0.116. The SMILES string of the molecule is O=C(CCCc1nc2ccccc2c(=O)[nH]1)Nc1cccc(-c2ncn[nH]2)c1. The van der Waals surface area contributed by atoms with E-state index in [0.717, 1.165) is 5.56 Å². The van der Waals surface area contributed by atoms with Gasteiger partial charge >= 0.3 is 0 Å². The number of nitrogens with zero attached hydrogens (tertiary/aromatic N) is 3. The van der Waals surface area contributed by atoms with Gasteiger partial charge in [-0.25, -0.2) is 9.97 Å². The first kappa shape index (κ1) is 17.6. The number of para-hydroxylation sites is 1. The van der Waals surface area contributed by atoms with Crippen LogP contribution in [0.3, 0.4) is 0 Å². The van der Waals surface area contributed by atoms with E-state index >= 15 is 0 Å². The van der Waals surface area contributed by atoms with Crippen LogP contribution in [0.15, 0.2) is 59.7 Å². The second-order valence-electron chi connectivity index (χ2n) is 6.35. The standard InChI is InChI=1S/C20H18N6O2/c27-18(23-14-6-3-5-13(11-14)19-21-12-22-26-19)10-4-9-17-24-16-8-2-1-7-15(16)20(28)25-17/h1-3,5-8,11-12H,4,9-10H2,(H,23,27)(H,21,22,26)(H,24,25,28). The molecule has 2 aromatic carbocycles. The van der Waals surface area contributed by atoms with Crippen LogP contribution in [0.5, 0.6) is 0 Å². The molecule has 28 heavy (non-hydrogen) atoms. The van der Waals surface area contributed by atoms with Crippen molar-refractivity contribution in [3.63, 3.8) is 0 Å². The van der Waals surface area contributed by atoms with Crippen molar-refractivity contribution in [2.45, 2.75) is 19.3 Å². The second-order valence-corrected chi connectivity index (χ2v) is 6.35. The fourth-order valence-electron chi connectivity index (χ4n) is 2.98. The van der Waals surface area contributed by atoms with E-state index in [4.69, 9.17) is 0 Å². The minimum Gasteiger partial charge on any atom is -0.326 e. The molecule has 0 aliphatic rings. The van der Waals surface area contributed by atoms with Gasteiger partial charge in [-0.15, -0.1) is 0 Å². The van der Waals surface area contributed by atoms with Gasteiger partial charge in [-0.1, -0.05) is 24.3 Å². The van der Waals surface area contributed by atoms with E-state index in [1.165, 1.54) is 6.33 Å². The number of carbonyl (C=O) groups excluding carboxylic acids is 1. The average molecular weight is 374 g/mol. The monoisotopic (exact) mass is 374 g/mol. The third-order valence-corrected chi connectivity index (χ3v) is 4.31. The molecule has 0 unspecified atom stereocenters. The highest BCUT2D eigenvalue weighted by Crippen LogP contribution is 2.19. The van der Waals surface area contributed by atoms with Crippen LogP contribution < -0.4 is 10.9 Å². The van der Waals surface area contributed by atoms with E-state index in [9.17, 15) is 9.59 Å². The highest BCUT2D eigenvalue weighted by molar-refractivity contribution is 5.91. The Bertz CT molecular complexity index is 1170. The molecule has 4 rings (SSSR count). The first-order valence-electron chi connectivity index (χ1n) is 8.92. The molecule has 0 radical (unpaired) electrons. The van der Waals surface area contributed by atoms with Crippen LogP contribution in [0.25, 0.3) is 22.3 Å². The fourth-order valence-corrected chi connectivity index (χ4v) is 2.98. The molecule has 1 amide bonds. The predicted octanol–water partition coefficient (Wildman–Crippen LogP) is 2.67. The largest absolute Gasteiger partial charge is 0.326 e. The van der Waals surface area contributed by atoms with Gasteiger partial charge in [-0.05, 0) is 30.7 Å². The van der Waals surface area contributed by atoms with Crippen molar-refractivity contribution < 1.29 is 4.79 Å². The Morgan fingerprint density at radius 3 is 2.86 bits per heavy atom. The summed E-state index contributed by atoms with van der Waals surface area (Å²) in [5, 5.41) is 10.1. The molecule has 0 aliphatic heterocycles. The van der Waals surface area contributed by atoms with E-state index < -0.39 is 0 Å².